The van der Waals surface area contributed by atoms with E-state index >= 15 is 0 Å². The molecule has 0 atom stereocenters. The molecule has 0 saturated heterocycles. The fourth-order valence-corrected chi connectivity index (χ4v) is 12.4. The van der Waals surface area contributed by atoms with Crippen molar-refractivity contribution in [2.24, 2.45) is 0 Å². The Morgan fingerprint density at radius 3 is 1.43 bits per heavy atom. The molecule has 0 bridgehead atoms. The Balaban J connectivity index is 1.03. The lowest BCUT2D eigenvalue weighted by atomic mass is 9.78. The van der Waals surface area contributed by atoms with Crippen LogP contribution in [0.5, 0.6) is 0 Å². The minimum absolute atomic E-state index is 0.0833. The number of hydrogen-bond donors (Lipinski definition) is 0. The second kappa shape index (κ2) is 11.7. The summed E-state index contributed by atoms with van der Waals surface area (Å²) in [6, 6.07) is 65.1. The zero-order chi connectivity index (χ0) is 41.2. The van der Waals surface area contributed by atoms with Crippen LogP contribution in [0.3, 0.4) is 0 Å². The van der Waals surface area contributed by atoms with E-state index in [2.05, 4.69) is 211 Å². The van der Waals surface area contributed by atoms with Crippen LogP contribution in [0.15, 0.2) is 170 Å². The van der Waals surface area contributed by atoms with Gasteiger partial charge in [-0.2, -0.15) is 0 Å². The largest absolute Gasteiger partial charge is 0.0619 e. The number of fused-ring (bicyclic) bond motifs is 15. The summed E-state index contributed by atoms with van der Waals surface area (Å²) >= 11 is 0. The molecule has 0 heterocycles. The molecule has 13 rings (SSSR count). The van der Waals surface area contributed by atoms with Crippen LogP contribution in [0.25, 0.3) is 98.7 Å². The zero-order valence-electron chi connectivity index (χ0n) is 35.7. The van der Waals surface area contributed by atoms with Crippen LogP contribution in [0, 0.1) is 0 Å². The smallest absolute Gasteiger partial charge is 0.0159 e. The van der Waals surface area contributed by atoms with Gasteiger partial charge in [-0.3, -0.25) is 0 Å². The van der Waals surface area contributed by atoms with E-state index in [4.69, 9.17) is 0 Å². The second-order valence-corrected chi connectivity index (χ2v) is 19.6. The van der Waals surface area contributed by atoms with Crippen LogP contribution in [0.2, 0.25) is 0 Å². The second-order valence-electron chi connectivity index (χ2n) is 19.6. The molecule has 10 aromatic rings. The molecule has 0 aromatic heterocycles. The molecule has 0 fully saturated rings. The van der Waals surface area contributed by atoms with Gasteiger partial charge < -0.3 is 0 Å². The third kappa shape index (κ3) is 4.40. The van der Waals surface area contributed by atoms with Crippen molar-refractivity contribution >= 4 is 43.1 Å². The summed E-state index contributed by atoms with van der Waals surface area (Å²) in [6.07, 6.45) is 0. The van der Waals surface area contributed by atoms with Gasteiger partial charge in [0.05, 0.1) is 0 Å². The molecule has 0 aliphatic heterocycles. The van der Waals surface area contributed by atoms with Crippen molar-refractivity contribution < 1.29 is 0 Å². The molecule has 10 aromatic carbocycles. The van der Waals surface area contributed by atoms with Crippen LogP contribution >= 0.6 is 0 Å². The molecule has 0 unspecified atom stereocenters. The first-order valence-electron chi connectivity index (χ1n) is 22.0. The van der Waals surface area contributed by atoms with Gasteiger partial charge in [0.25, 0.3) is 0 Å². The highest BCUT2D eigenvalue weighted by atomic mass is 14.5. The Bertz CT molecular complexity index is 3550. The first kappa shape index (κ1) is 35.0. The number of hydrogen-bond acceptors (Lipinski definition) is 0. The van der Waals surface area contributed by atoms with E-state index < -0.39 is 0 Å². The van der Waals surface area contributed by atoms with Crippen molar-refractivity contribution in [2.45, 2.75) is 57.8 Å². The quantitative estimate of drug-likeness (QED) is 0.153. The van der Waals surface area contributed by atoms with Gasteiger partial charge in [-0.15, -0.1) is 0 Å². The molecule has 0 nitrogen and oxygen atoms in total. The van der Waals surface area contributed by atoms with Gasteiger partial charge >= 0.3 is 0 Å². The molecule has 0 saturated carbocycles. The maximum Gasteiger partial charge on any atom is 0.0159 e. The van der Waals surface area contributed by atoms with E-state index in [-0.39, 0.29) is 16.2 Å². The highest BCUT2D eigenvalue weighted by molar-refractivity contribution is 6.24. The average Bonchev–Trinajstić information content (AvgIpc) is 3.76. The summed E-state index contributed by atoms with van der Waals surface area (Å²) < 4.78 is 0. The van der Waals surface area contributed by atoms with Gasteiger partial charge in [-0.05, 0) is 156 Å². The molecule has 0 radical (unpaired) electrons. The van der Waals surface area contributed by atoms with Crippen molar-refractivity contribution in [1.29, 1.82) is 0 Å². The SMILES string of the molecule is CC1(C)c2cc(-c3c4ccccc4c(-c4cc5c(c6ccccc46)-c4ccccc4C5(C)C)c4ccccc34)ccc2-c2cc3c(cc21)-c1c(ccc2ccccc12)C3(C)C. The Morgan fingerprint density at radius 2 is 0.721 bits per heavy atom. The number of rotatable bonds is 2. The maximum atomic E-state index is 2.56. The monoisotopic (exact) mass is 778 g/mol. The predicted octanol–water partition coefficient (Wildman–Crippen LogP) is 16.6. The zero-order valence-corrected chi connectivity index (χ0v) is 35.7. The summed E-state index contributed by atoms with van der Waals surface area (Å²) in [5.74, 6) is 0. The first-order chi connectivity index (χ1) is 29.5. The molecule has 0 heteroatoms. The molecular formula is C61H46. The van der Waals surface area contributed by atoms with E-state index in [0.717, 1.165) is 0 Å². The minimum atomic E-state index is -0.174. The minimum Gasteiger partial charge on any atom is -0.0619 e. The summed E-state index contributed by atoms with van der Waals surface area (Å²) in [6.45, 7) is 14.5. The molecule has 0 spiro atoms. The van der Waals surface area contributed by atoms with Crippen molar-refractivity contribution in [3.63, 3.8) is 0 Å². The maximum absolute atomic E-state index is 2.56. The molecule has 3 aliphatic rings. The highest BCUT2D eigenvalue weighted by Crippen LogP contribution is 2.59. The standard InChI is InChI=1S/C61H46/c1-59(2)49-26-16-15-25-45(49)58-40-20-10-9-19-38(40)47(33-54(58)59)56-43-23-13-11-21-41(43)55(42-22-12-14-24-44(42)56)36-27-29-39-46-32-53-48(34-52(46)61(5,6)51(39)31-36)57-37-18-8-7-17-35(37)28-30-50(57)60(53,3)4/h7-34H,1-6H3. The van der Waals surface area contributed by atoms with Gasteiger partial charge in [-0.25, -0.2) is 0 Å². The molecular weight excluding hydrogens is 733 g/mol. The lowest BCUT2D eigenvalue weighted by molar-refractivity contribution is 0.652. The third-order valence-corrected chi connectivity index (χ3v) is 15.4. The van der Waals surface area contributed by atoms with Crippen molar-refractivity contribution in [2.75, 3.05) is 0 Å². The van der Waals surface area contributed by atoms with E-state index in [9.17, 15) is 0 Å². The summed E-state index contributed by atoms with van der Waals surface area (Å²) in [4.78, 5) is 0. The molecule has 290 valence electrons. The Kier molecular flexibility index (Phi) is 6.74. The summed E-state index contributed by atoms with van der Waals surface area (Å²) in [5, 5.41) is 10.5. The van der Waals surface area contributed by atoms with Gasteiger partial charge in [0.1, 0.15) is 0 Å². The lowest BCUT2D eigenvalue weighted by Crippen LogP contribution is -2.17. The normalized spacial score (nSPS) is 15.8. The van der Waals surface area contributed by atoms with Crippen LogP contribution < -0.4 is 0 Å². The molecule has 0 amide bonds. The summed E-state index contributed by atoms with van der Waals surface area (Å²) in [5.41, 5.74) is 21.7. The van der Waals surface area contributed by atoms with E-state index in [1.807, 2.05) is 0 Å². The van der Waals surface area contributed by atoms with Crippen LogP contribution in [-0.4, -0.2) is 0 Å². The van der Waals surface area contributed by atoms with Crippen molar-refractivity contribution in [3.8, 4) is 55.6 Å². The first-order valence-corrected chi connectivity index (χ1v) is 22.0. The predicted molar refractivity (Wildman–Crippen MR) is 260 cm³/mol. The van der Waals surface area contributed by atoms with Crippen LogP contribution in [0.1, 0.15) is 74.9 Å². The Morgan fingerprint density at radius 1 is 0.246 bits per heavy atom. The Hall–Kier alpha value is -6.76. The third-order valence-electron chi connectivity index (χ3n) is 15.4. The fraction of sp³-hybridized carbons (Fsp3) is 0.148. The van der Waals surface area contributed by atoms with E-state index in [1.165, 1.54) is 132 Å². The van der Waals surface area contributed by atoms with Gasteiger partial charge in [0.2, 0.25) is 0 Å². The highest BCUT2D eigenvalue weighted by Gasteiger charge is 2.43. The van der Waals surface area contributed by atoms with Crippen LogP contribution in [-0.2, 0) is 16.2 Å². The Labute approximate surface area is 358 Å². The molecule has 0 N–H and O–H groups in total. The van der Waals surface area contributed by atoms with Crippen LogP contribution in [0.4, 0.5) is 0 Å². The molecule has 3 aliphatic carbocycles. The van der Waals surface area contributed by atoms with Gasteiger partial charge in [0.15, 0.2) is 0 Å². The average molecular weight is 779 g/mol. The molecule has 61 heavy (non-hydrogen) atoms. The topological polar surface area (TPSA) is 0 Å². The fourth-order valence-electron chi connectivity index (χ4n) is 12.4. The van der Waals surface area contributed by atoms with Gasteiger partial charge in [0, 0.05) is 16.2 Å². The van der Waals surface area contributed by atoms with Crippen molar-refractivity contribution in [3.05, 3.63) is 203 Å². The van der Waals surface area contributed by atoms with E-state index in [1.54, 1.807) is 0 Å². The number of benzene rings is 10. The lowest BCUT2D eigenvalue weighted by Gasteiger charge is -2.25. The van der Waals surface area contributed by atoms with E-state index in [0.29, 0.717) is 0 Å². The van der Waals surface area contributed by atoms with Gasteiger partial charge in [-0.1, -0.05) is 187 Å². The van der Waals surface area contributed by atoms with Crippen molar-refractivity contribution in [1.82, 2.24) is 0 Å². The summed E-state index contributed by atoms with van der Waals surface area (Å²) in [7, 11) is 0.